The summed E-state index contributed by atoms with van der Waals surface area (Å²) in [6, 6.07) is 10.0. The highest BCUT2D eigenvalue weighted by atomic mass is 32.1. The van der Waals surface area contributed by atoms with Crippen molar-refractivity contribution in [3.8, 4) is 22.4 Å². The molecule has 1 heterocycles. The van der Waals surface area contributed by atoms with E-state index < -0.39 is 5.41 Å². The number of nitriles is 1. The molecule has 1 aromatic heterocycles. The van der Waals surface area contributed by atoms with E-state index in [1.165, 1.54) is 11.3 Å². The fraction of sp³-hybridized carbons (Fsp3) is 0.286. The summed E-state index contributed by atoms with van der Waals surface area (Å²) < 4.78 is 5.32. The lowest BCUT2D eigenvalue weighted by Gasteiger charge is -2.10. The third-order valence-electron chi connectivity index (χ3n) is 2.76. The van der Waals surface area contributed by atoms with Crippen molar-refractivity contribution < 1.29 is 4.74 Å². The van der Waals surface area contributed by atoms with Crippen LogP contribution in [0.15, 0.2) is 29.6 Å². The molecule has 0 radical (unpaired) electrons. The number of aromatic nitrogens is 1. The lowest BCUT2D eigenvalue weighted by atomic mass is 9.92. The molecule has 0 aliphatic heterocycles. The highest BCUT2D eigenvalue weighted by molar-refractivity contribution is 7.13. The second kappa shape index (κ2) is 4.79. The van der Waals surface area contributed by atoms with E-state index in [9.17, 15) is 0 Å². The van der Waals surface area contributed by atoms with Crippen molar-refractivity contribution in [3.05, 3.63) is 35.3 Å². The van der Waals surface area contributed by atoms with Crippen LogP contribution >= 0.6 is 11.3 Å². The van der Waals surface area contributed by atoms with E-state index in [1.807, 2.05) is 43.5 Å². The largest absolute Gasteiger partial charge is 0.496 e. The van der Waals surface area contributed by atoms with Gasteiger partial charge in [0.25, 0.3) is 0 Å². The maximum absolute atomic E-state index is 9.12. The van der Waals surface area contributed by atoms with Gasteiger partial charge >= 0.3 is 0 Å². The van der Waals surface area contributed by atoms with E-state index in [4.69, 9.17) is 10.00 Å². The Morgan fingerprint density at radius 1 is 1.33 bits per heavy atom. The molecule has 2 aromatic rings. The number of thiazole rings is 1. The molecule has 1 aromatic carbocycles. The Bertz CT molecular complexity index is 596. The molecule has 0 atom stereocenters. The van der Waals surface area contributed by atoms with Crippen LogP contribution in [0.25, 0.3) is 10.6 Å². The van der Waals surface area contributed by atoms with E-state index in [2.05, 4.69) is 11.1 Å². The smallest absolute Gasteiger partial charge is 0.129 e. The quantitative estimate of drug-likeness (QED) is 0.844. The van der Waals surface area contributed by atoms with Crippen LogP contribution in [0.4, 0.5) is 0 Å². The van der Waals surface area contributed by atoms with Gasteiger partial charge in [-0.1, -0.05) is 12.1 Å². The summed E-state index contributed by atoms with van der Waals surface area (Å²) in [6.07, 6.45) is 0. The zero-order valence-electron chi connectivity index (χ0n) is 10.6. The van der Waals surface area contributed by atoms with E-state index in [0.29, 0.717) is 0 Å². The molecular weight excluding hydrogens is 244 g/mol. The third kappa shape index (κ3) is 2.22. The van der Waals surface area contributed by atoms with Crippen molar-refractivity contribution in [1.82, 2.24) is 4.98 Å². The minimum atomic E-state index is -0.559. The summed E-state index contributed by atoms with van der Waals surface area (Å²) in [6.45, 7) is 3.74. The monoisotopic (exact) mass is 258 g/mol. The molecule has 0 saturated heterocycles. The van der Waals surface area contributed by atoms with Gasteiger partial charge in [0.15, 0.2) is 0 Å². The van der Waals surface area contributed by atoms with E-state index in [0.717, 1.165) is 22.0 Å². The maximum Gasteiger partial charge on any atom is 0.129 e. The molecule has 0 N–H and O–H groups in total. The fourth-order valence-corrected chi connectivity index (χ4v) is 2.58. The first kappa shape index (κ1) is 12.6. The number of rotatable bonds is 3. The predicted octanol–water partition coefficient (Wildman–Crippen LogP) is 3.62. The van der Waals surface area contributed by atoms with Gasteiger partial charge in [0, 0.05) is 5.38 Å². The second-order valence-electron chi connectivity index (χ2n) is 4.47. The van der Waals surface area contributed by atoms with Gasteiger partial charge in [-0.05, 0) is 26.0 Å². The second-order valence-corrected chi connectivity index (χ2v) is 5.33. The summed E-state index contributed by atoms with van der Waals surface area (Å²) in [7, 11) is 1.65. The van der Waals surface area contributed by atoms with Crippen LogP contribution in [-0.2, 0) is 5.41 Å². The number of hydrogen-bond acceptors (Lipinski definition) is 4. The molecule has 0 unspecified atom stereocenters. The van der Waals surface area contributed by atoms with Crippen LogP contribution in [0.5, 0.6) is 5.75 Å². The summed E-state index contributed by atoms with van der Waals surface area (Å²) in [5.41, 5.74) is 1.21. The Kier molecular flexibility index (Phi) is 3.35. The van der Waals surface area contributed by atoms with E-state index in [-0.39, 0.29) is 0 Å². The molecule has 0 bridgehead atoms. The zero-order chi connectivity index (χ0) is 13.2. The lowest BCUT2D eigenvalue weighted by molar-refractivity contribution is 0.416. The SMILES string of the molecule is COc1ccccc1-c1nc(C(C)(C)C#N)cs1. The lowest BCUT2D eigenvalue weighted by Crippen LogP contribution is -2.14. The highest BCUT2D eigenvalue weighted by Crippen LogP contribution is 2.34. The van der Waals surface area contributed by atoms with Gasteiger partial charge in [-0.15, -0.1) is 11.3 Å². The Morgan fingerprint density at radius 3 is 2.72 bits per heavy atom. The van der Waals surface area contributed by atoms with Crippen LogP contribution in [0.3, 0.4) is 0 Å². The number of ether oxygens (including phenoxy) is 1. The first-order chi connectivity index (χ1) is 8.58. The molecule has 0 amide bonds. The average molecular weight is 258 g/mol. The van der Waals surface area contributed by atoms with Crippen LogP contribution in [0.1, 0.15) is 19.5 Å². The van der Waals surface area contributed by atoms with Crippen LogP contribution < -0.4 is 4.74 Å². The maximum atomic E-state index is 9.12. The predicted molar refractivity (Wildman–Crippen MR) is 72.7 cm³/mol. The van der Waals surface area contributed by atoms with Crippen LogP contribution in [0.2, 0.25) is 0 Å². The van der Waals surface area contributed by atoms with Gasteiger partial charge in [0.1, 0.15) is 10.8 Å². The molecule has 18 heavy (non-hydrogen) atoms. The highest BCUT2D eigenvalue weighted by Gasteiger charge is 2.23. The molecule has 0 aliphatic carbocycles. The Labute approximate surface area is 111 Å². The average Bonchev–Trinajstić information content (AvgIpc) is 2.89. The number of hydrogen-bond donors (Lipinski definition) is 0. The minimum absolute atomic E-state index is 0.559. The Balaban J connectivity index is 2.45. The van der Waals surface area contributed by atoms with Crippen molar-refractivity contribution in [3.63, 3.8) is 0 Å². The number of methoxy groups -OCH3 is 1. The zero-order valence-corrected chi connectivity index (χ0v) is 11.4. The molecule has 4 heteroatoms. The first-order valence-corrected chi connectivity index (χ1v) is 6.47. The summed E-state index contributed by atoms with van der Waals surface area (Å²) in [5, 5.41) is 11.9. The van der Waals surface area contributed by atoms with Gasteiger partial charge in [-0.25, -0.2) is 4.98 Å². The standard InChI is InChI=1S/C14H14N2OS/c1-14(2,9-15)12-8-18-13(16-12)10-6-4-5-7-11(10)17-3/h4-8H,1-3H3. The Morgan fingerprint density at radius 2 is 2.06 bits per heavy atom. The van der Waals surface area contributed by atoms with Crippen molar-refractivity contribution in [1.29, 1.82) is 5.26 Å². The van der Waals surface area contributed by atoms with Gasteiger partial charge < -0.3 is 4.74 Å². The van der Waals surface area contributed by atoms with Gasteiger partial charge in [-0.3, -0.25) is 0 Å². The molecule has 92 valence electrons. The van der Waals surface area contributed by atoms with E-state index in [1.54, 1.807) is 7.11 Å². The van der Waals surface area contributed by atoms with Crippen molar-refractivity contribution >= 4 is 11.3 Å². The first-order valence-electron chi connectivity index (χ1n) is 5.59. The number of nitrogens with zero attached hydrogens (tertiary/aromatic N) is 2. The number of para-hydroxylation sites is 1. The van der Waals surface area contributed by atoms with Crippen molar-refractivity contribution in [2.45, 2.75) is 19.3 Å². The van der Waals surface area contributed by atoms with E-state index >= 15 is 0 Å². The van der Waals surface area contributed by atoms with Crippen LogP contribution in [0, 0.1) is 11.3 Å². The summed E-state index contributed by atoms with van der Waals surface area (Å²) in [5.74, 6) is 0.799. The molecule has 0 spiro atoms. The normalized spacial score (nSPS) is 11.0. The summed E-state index contributed by atoms with van der Waals surface area (Å²) in [4.78, 5) is 4.55. The summed E-state index contributed by atoms with van der Waals surface area (Å²) >= 11 is 1.53. The molecular formula is C14H14N2OS. The fourth-order valence-electron chi connectivity index (χ4n) is 1.56. The van der Waals surface area contributed by atoms with Gasteiger partial charge in [-0.2, -0.15) is 5.26 Å². The van der Waals surface area contributed by atoms with Crippen molar-refractivity contribution in [2.75, 3.05) is 7.11 Å². The molecule has 0 fully saturated rings. The molecule has 0 saturated carbocycles. The minimum Gasteiger partial charge on any atom is -0.496 e. The number of benzene rings is 1. The van der Waals surface area contributed by atoms with Gasteiger partial charge in [0.05, 0.1) is 29.9 Å². The third-order valence-corrected chi connectivity index (χ3v) is 3.64. The molecule has 3 nitrogen and oxygen atoms in total. The topological polar surface area (TPSA) is 45.9 Å². The Hall–Kier alpha value is -1.86. The molecule has 0 aliphatic rings. The van der Waals surface area contributed by atoms with Gasteiger partial charge in [0.2, 0.25) is 0 Å². The van der Waals surface area contributed by atoms with Crippen molar-refractivity contribution in [2.24, 2.45) is 0 Å². The molecule has 2 rings (SSSR count). The van der Waals surface area contributed by atoms with Crippen LogP contribution in [-0.4, -0.2) is 12.1 Å².